The van der Waals surface area contributed by atoms with Gasteiger partial charge in [0.2, 0.25) is 0 Å². The van der Waals surface area contributed by atoms with E-state index >= 15 is 0 Å². The van der Waals surface area contributed by atoms with E-state index in [2.05, 4.69) is 65.8 Å². The maximum absolute atomic E-state index is 4.34. The maximum atomic E-state index is 4.34. The predicted octanol–water partition coefficient (Wildman–Crippen LogP) is 4.60. The quantitative estimate of drug-likeness (QED) is 0.742. The van der Waals surface area contributed by atoms with E-state index in [-0.39, 0.29) is 0 Å². The summed E-state index contributed by atoms with van der Waals surface area (Å²) in [6.07, 6.45) is 1.83. The largest absolute Gasteiger partial charge is 0.305 e. The molecular formula is C20H20N2. The maximum Gasteiger partial charge on any atom is 0.0541 e. The van der Waals surface area contributed by atoms with Crippen molar-refractivity contribution in [3.63, 3.8) is 0 Å². The third-order valence-corrected chi connectivity index (χ3v) is 3.83. The molecule has 2 nitrogen and oxygen atoms in total. The van der Waals surface area contributed by atoms with Gasteiger partial charge in [-0.15, -0.1) is 0 Å². The van der Waals surface area contributed by atoms with Crippen LogP contribution in [0.15, 0.2) is 79.0 Å². The fourth-order valence-corrected chi connectivity index (χ4v) is 2.47. The molecule has 110 valence electrons. The van der Waals surface area contributed by atoms with Crippen LogP contribution in [0.1, 0.15) is 24.2 Å². The highest BCUT2D eigenvalue weighted by atomic mass is 14.9. The number of nitrogens with zero attached hydrogens (tertiary/aromatic N) is 1. The molecule has 0 saturated heterocycles. The van der Waals surface area contributed by atoms with Gasteiger partial charge in [-0.05, 0) is 35.7 Å². The van der Waals surface area contributed by atoms with E-state index in [0.29, 0.717) is 6.04 Å². The molecular weight excluding hydrogens is 268 g/mol. The molecule has 1 atom stereocenters. The van der Waals surface area contributed by atoms with E-state index < -0.39 is 0 Å². The molecule has 0 aliphatic heterocycles. The highest BCUT2D eigenvalue weighted by Gasteiger charge is 2.05. The molecule has 1 N–H and O–H groups in total. The molecule has 0 spiro atoms. The third kappa shape index (κ3) is 3.60. The minimum atomic E-state index is 0.298. The lowest BCUT2D eigenvalue weighted by Crippen LogP contribution is -2.18. The Bertz CT molecular complexity index is 691. The highest BCUT2D eigenvalue weighted by molar-refractivity contribution is 5.63. The minimum absolute atomic E-state index is 0.298. The molecule has 3 aromatic rings. The first-order valence-electron chi connectivity index (χ1n) is 7.61. The van der Waals surface area contributed by atoms with E-state index in [1.54, 1.807) is 0 Å². The zero-order valence-corrected chi connectivity index (χ0v) is 12.7. The van der Waals surface area contributed by atoms with Crippen LogP contribution in [0.5, 0.6) is 0 Å². The van der Waals surface area contributed by atoms with Crippen LogP contribution in [0.3, 0.4) is 0 Å². The van der Waals surface area contributed by atoms with E-state index in [0.717, 1.165) is 12.2 Å². The Morgan fingerprint density at radius 2 is 1.50 bits per heavy atom. The Balaban J connectivity index is 1.65. The summed E-state index contributed by atoms with van der Waals surface area (Å²) in [7, 11) is 0. The van der Waals surface area contributed by atoms with Crippen LogP contribution in [0.2, 0.25) is 0 Å². The Labute approximate surface area is 131 Å². The monoisotopic (exact) mass is 288 g/mol. The second-order valence-corrected chi connectivity index (χ2v) is 5.41. The summed E-state index contributed by atoms with van der Waals surface area (Å²) in [5, 5.41) is 3.51. The summed E-state index contributed by atoms with van der Waals surface area (Å²) in [6.45, 7) is 2.96. The first-order valence-corrected chi connectivity index (χ1v) is 7.61. The molecule has 0 saturated carbocycles. The van der Waals surface area contributed by atoms with Crippen LogP contribution < -0.4 is 5.32 Å². The van der Waals surface area contributed by atoms with Gasteiger partial charge in [0.1, 0.15) is 0 Å². The van der Waals surface area contributed by atoms with E-state index in [9.17, 15) is 0 Å². The van der Waals surface area contributed by atoms with Gasteiger partial charge in [0.15, 0.2) is 0 Å². The van der Waals surface area contributed by atoms with Crippen molar-refractivity contribution < 1.29 is 0 Å². The van der Waals surface area contributed by atoms with Gasteiger partial charge in [-0.1, -0.05) is 60.7 Å². The SMILES string of the molecule is C[C@H](NCc1ccccn1)c1ccc(-c2ccccc2)cc1. The summed E-state index contributed by atoms with van der Waals surface area (Å²) in [5.41, 5.74) is 4.86. The van der Waals surface area contributed by atoms with Crippen molar-refractivity contribution in [2.24, 2.45) is 0 Å². The Kier molecular flexibility index (Phi) is 4.62. The molecule has 0 aliphatic rings. The number of nitrogens with one attached hydrogen (secondary N) is 1. The molecule has 1 aromatic heterocycles. The summed E-state index contributed by atoms with van der Waals surface area (Å²) in [4.78, 5) is 4.34. The van der Waals surface area contributed by atoms with Crippen LogP contribution in [-0.4, -0.2) is 4.98 Å². The van der Waals surface area contributed by atoms with Crippen LogP contribution in [0.4, 0.5) is 0 Å². The van der Waals surface area contributed by atoms with E-state index in [4.69, 9.17) is 0 Å². The van der Waals surface area contributed by atoms with Crippen molar-refractivity contribution in [3.05, 3.63) is 90.3 Å². The van der Waals surface area contributed by atoms with Gasteiger partial charge in [0, 0.05) is 18.8 Å². The van der Waals surface area contributed by atoms with Gasteiger partial charge in [-0.2, -0.15) is 0 Å². The molecule has 2 heteroatoms. The molecule has 0 aliphatic carbocycles. The lowest BCUT2D eigenvalue weighted by atomic mass is 10.0. The van der Waals surface area contributed by atoms with Crippen molar-refractivity contribution in [2.45, 2.75) is 19.5 Å². The van der Waals surface area contributed by atoms with Crippen molar-refractivity contribution in [1.82, 2.24) is 10.3 Å². The number of hydrogen-bond donors (Lipinski definition) is 1. The van der Waals surface area contributed by atoms with Crippen molar-refractivity contribution in [3.8, 4) is 11.1 Å². The molecule has 2 aromatic carbocycles. The molecule has 0 radical (unpaired) electrons. The molecule has 22 heavy (non-hydrogen) atoms. The van der Waals surface area contributed by atoms with E-state index in [1.165, 1.54) is 16.7 Å². The molecule has 1 heterocycles. The van der Waals surface area contributed by atoms with Crippen LogP contribution in [0, 0.1) is 0 Å². The van der Waals surface area contributed by atoms with Crippen LogP contribution >= 0.6 is 0 Å². The molecule has 0 fully saturated rings. The lowest BCUT2D eigenvalue weighted by molar-refractivity contribution is 0.568. The Hall–Kier alpha value is -2.45. The smallest absolute Gasteiger partial charge is 0.0541 e. The Morgan fingerprint density at radius 3 is 2.18 bits per heavy atom. The van der Waals surface area contributed by atoms with Gasteiger partial charge >= 0.3 is 0 Å². The number of pyridine rings is 1. The minimum Gasteiger partial charge on any atom is -0.305 e. The van der Waals surface area contributed by atoms with Crippen molar-refractivity contribution in [2.75, 3.05) is 0 Å². The number of rotatable bonds is 5. The van der Waals surface area contributed by atoms with Crippen LogP contribution in [-0.2, 0) is 6.54 Å². The fourth-order valence-electron chi connectivity index (χ4n) is 2.47. The van der Waals surface area contributed by atoms with Gasteiger partial charge < -0.3 is 5.32 Å². The molecule has 0 amide bonds. The predicted molar refractivity (Wildman–Crippen MR) is 91.4 cm³/mol. The Morgan fingerprint density at radius 1 is 0.818 bits per heavy atom. The van der Waals surface area contributed by atoms with Gasteiger partial charge in [-0.25, -0.2) is 0 Å². The summed E-state index contributed by atoms with van der Waals surface area (Å²) in [6, 6.07) is 25.5. The lowest BCUT2D eigenvalue weighted by Gasteiger charge is -2.14. The highest BCUT2D eigenvalue weighted by Crippen LogP contribution is 2.21. The van der Waals surface area contributed by atoms with E-state index in [1.807, 2.05) is 30.5 Å². The second-order valence-electron chi connectivity index (χ2n) is 5.41. The summed E-state index contributed by atoms with van der Waals surface area (Å²) >= 11 is 0. The number of hydrogen-bond acceptors (Lipinski definition) is 2. The fraction of sp³-hybridized carbons (Fsp3) is 0.150. The average molecular weight is 288 g/mol. The second kappa shape index (κ2) is 7.01. The number of benzene rings is 2. The standard InChI is InChI=1S/C20H20N2/c1-16(22-15-20-9-5-6-14-21-20)17-10-12-19(13-11-17)18-7-3-2-4-8-18/h2-14,16,22H,15H2,1H3/t16-/m0/s1. The van der Waals surface area contributed by atoms with Crippen molar-refractivity contribution in [1.29, 1.82) is 0 Å². The molecule has 3 rings (SSSR count). The zero-order valence-electron chi connectivity index (χ0n) is 12.7. The molecule has 0 bridgehead atoms. The van der Waals surface area contributed by atoms with Gasteiger partial charge in [-0.3, -0.25) is 4.98 Å². The van der Waals surface area contributed by atoms with Gasteiger partial charge in [0.05, 0.1) is 5.69 Å². The normalized spacial score (nSPS) is 12.0. The number of aromatic nitrogens is 1. The average Bonchev–Trinajstić information content (AvgIpc) is 2.61. The van der Waals surface area contributed by atoms with Crippen LogP contribution in [0.25, 0.3) is 11.1 Å². The summed E-state index contributed by atoms with van der Waals surface area (Å²) < 4.78 is 0. The van der Waals surface area contributed by atoms with Gasteiger partial charge in [0.25, 0.3) is 0 Å². The third-order valence-electron chi connectivity index (χ3n) is 3.83. The molecule has 0 unspecified atom stereocenters. The summed E-state index contributed by atoms with van der Waals surface area (Å²) in [5.74, 6) is 0. The zero-order chi connectivity index (χ0) is 15.2. The van der Waals surface area contributed by atoms with Crippen molar-refractivity contribution >= 4 is 0 Å². The topological polar surface area (TPSA) is 24.9 Å². The first kappa shape index (κ1) is 14.5. The first-order chi connectivity index (χ1) is 10.8.